The van der Waals surface area contributed by atoms with Crippen molar-refractivity contribution in [2.75, 3.05) is 26.4 Å². The van der Waals surface area contributed by atoms with Gasteiger partial charge in [-0.1, -0.05) is 0 Å². The maximum Gasteiger partial charge on any atom is 0.0703 e. The Morgan fingerprint density at radius 2 is 1.38 bits per heavy atom. The largest absolute Gasteiger partial charge is 0.378 e. The van der Waals surface area contributed by atoms with E-state index in [1.807, 2.05) is 13.8 Å². The fourth-order valence-corrected chi connectivity index (χ4v) is 1.73. The molecule has 0 N–H and O–H groups in total. The number of nitrogens with zero attached hydrogens (tertiary/aromatic N) is 1. The molecule has 0 spiro atoms. The normalized spacial score (nSPS) is 12.4. The van der Waals surface area contributed by atoms with Gasteiger partial charge in [-0.05, 0) is 41.5 Å². The highest BCUT2D eigenvalue weighted by Crippen LogP contribution is 2.03. The SMILES string of the molecule is CC(C)OCCOCCN(C(C)C)C(C)C. The van der Waals surface area contributed by atoms with Gasteiger partial charge in [-0.3, -0.25) is 4.90 Å². The van der Waals surface area contributed by atoms with Gasteiger partial charge in [0.15, 0.2) is 0 Å². The van der Waals surface area contributed by atoms with Crippen LogP contribution in [0.2, 0.25) is 0 Å². The van der Waals surface area contributed by atoms with Gasteiger partial charge < -0.3 is 9.47 Å². The topological polar surface area (TPSA) is 21.7 Å². The Bertz CT molecular complexity index is 150. The maximum absolute atomic E-state index is 5.55. The molecule has 0 aliphatic carbocycles. The number of ether oxygens (including phenoxy) is 2. The Kier molecular flexibility index (Phi) is 8.90. The molecular formula is C13H29NO2. The summed E-state index contributed by atoms with van der Waals surface area (Å²) >= 11 is 0. The summed E-state index contributed by atoms with van der Waals surface area (Å²) in [5, 5.41) is 0. The lowest BCUT2D eigenvalue weighted by atomic mass is 10.2. The summed E-state index contributed by atoms with van der Waals surface area (Å²) in [5.74, 6) is 0. The second-order valence-electron chi connectivity index (χ2n) is 4.96. The standard InChI is InChI=1S/C13H29NO2/c1-11(2)14(12(3)4)7-8-15-9-10-16-13(5)6/h11-13H,7-10H2,1-6H3. The Balaban J connectivity index is 3.48. The first kappa shape index (κ1) is 15.9. The molecule has 3 nitrogen and oxygen atoms in total. The maximum atomic E-state index is 5.55. The van der Waals surface area contributed by atoms with Crippen molar-refractivity contribution in [2.45, 2.75) is 59.7 Å². The van der Waals surface area contributed by atoms with Gasteiger partial charge in [0.2, 0.25) is 0 Å². The molecule has 98 valence electrons. The summed E-state index contributed by atoms with van der Waals surface area (Å²) in [5.41, 5.74) is 0. The molecule has 0 aromatic heterocycles. The number of rotatable bonds is 9. The van der Waals surface area contributed by atoms with Crippen LogP contribution in [0.1, 0.15) is 41.5 Å². The van der Waals surface area contributed by atoms with E-state index in [2.05, 4.69) is 32.6 Å². The highest BCUT2D eigenvalue weighted by atomic mass is 16.5. The van der Waals surface area contributed by atoms with Crippen LogP contribution in [0.15, 0.2) is 0 Å². The van der Waals surface area contributed by atoms with Crippen LogP contribution < -0.4 is 0 Å². The third-order valence-electron chi connectivity index (χ3n) is 2.50. The first-order chi connectivity index (χ1) is 7.45. The summed E-state index contributed by atoms with van der Waals surface area (Å²) in [6.45, 7) is 16.2. The van der Waals surface area contributed by atoms with E-state index in [0.717, 1.165) is 13.2 Å². The minimum atomic E-state index is 0.298. The highest BCUT2D eigenvalue weighted by Gasteiger charge is 2.12. The quantitative estimate of drug-likeness (QED) is 0.569. The average molecular weight is 231 g/mol. The van der Waals surface area contributed by atoms with Gasteiger partial charge in [0.1, 0.15) is 0 Å². The molecule has 0 aromatic rings. The smallest absolute Gasteiger partial charge is 0.0703 e. The van der Waals surface area contributed by atoms with Gasteiger partial charge in [0.05, 0.1) is 25.9 Å². The summed E-state index contributed by atoms with van der Waals surface area (Å²) in [6, 6.07) is 1.16. The minimum absolute atomic E-state index is 0.298. The lowest BCUT2D eigenvalue weighted by Gasteiger charge is -2.30. The molecule has 0 saturated carbocycles. The Morgan fingerprint density at radius 1 is 0.812 bits per heavy atom. The zero-order valence-corrected chi connectivity index (χ0v) is 11.8. The van der Waals surface area contributed by atoms with E-state index < -0.39 is 0 Å². The number of hydrogen-bond acceptors (Lipinski definition) is 3. The van der Waals surface area contributed by atoms with Gasteiger partial charge in [-0.25, -0.2) is 0 Å². The van der Waals surface area contributed by atoms with Crippen LogP contribution in [-0.4, -0.2) is 49.5 Å². The first-order valence-corrected chi connectivity index (χ1v) is 6.40. The molecule has 0 heterocycles. The number of hydrogen-bond donors (Lipinski definition) is 0. The van der Waals surface area contributed by atoms with Crippen molar-refractivity contribution in [3.63, 3.8) is 0 Å². The molecule has 0 unspecified atom stereocenters. The fourth-order valence-electron chi connectivity index (χ4n) is 1.73. The van der Waals surface area contributed by atoms with Crippen molar-refractivity contribution in [1.82, 2.24) is 4.90 Å². The lowest BCUT2D eigenvalue weighted by Crippen LogP contribution is -2.39. The van der Waals surface area contributed by atoms with Crippen LogP contribution >= 0.6 is 0 Å². The van der Waals surface area contributed by atoms with Gasteiger partial charge in [-0.15, -0.1) is 0 Å². The summed E-state index contributed by atoms with van der Waals surface area (Å²) < 4.78 is 11.0. The molecule has 0 atom stereocenters. The highest BCUT2D eigenvalue weighted by molar-refractivity contribution is 4.66. The molecule has 16 heavy (non-hydrogen) atoms. The summed E-state index contributed by atoms with van der Waals surface area (Å²) in [6.07, 6.45) is 0.298. The monoisotopic (exact) mass is 231 g/mol. The molecule has 0 saturated heterocycles. The molecule has 0 amide bonds. The Morgan fingerprint density at radius 3 is 1.81 bits per heavy atom. The molecule has 0 radical (unpaired) electrons. The van der Waals surface area contributed by atoms with E-state index in [1.165, 1.54) is 0 Å². The molecule has 0 fully saturated rings. The predicted octanol–water partition coefficient (Wildman–Crippen LogP) is 2.55. The second-order valence-corrected chi connectivity index (χ2v) is 4.96. The third-order valence-corrected chi connectivity index (χ3v) is 2.50. The van der Waals surface area contributed by atoms with Gasteiger partial charge in [0.25, 0.3) is 0 Å². The van der Waals surface area contributed by atoms with E-state index >= 15 is 0 Å². The molecular weight excluding hydrogens is 202 g/mol. The van der Waals surface area contributed by atoms with Crippen molar-refractivity contribution in [3.8, 4) is 0 Å². The van der Waals surface area contributed by atoms with Crippen LogP contribution in [-0.2, 0) is 9.47 Å². The Hall–Kier alpha value is -0.120. The van der Waals surface area contributed by atoms with Crippen LogP contribution in [0.4, 0.5) is 0 Å². The third kappa shape index (κ3) is 8.08. The molecule has 0 bridgehead atoms. The molecule has 0 aliphatic heterocycles. The molecule has 0 aromatic carbocycles. The zero-order chi connectivity index (χ0) is 12.6. The second kappa shape index (κ2) is 8.97. The molecule has 0 rings (SSSR count). The average Bonchev–Trinajstić information content (AvgIpc) is 2.14. The van der Waals surface area contributed by atoms with E-state index in [-0.39, 0.29) is 0 Å². The van der Waals surface area contributed by atoms with Crippen molar-refractivity contribution in [2.24, 2.45) is 0 Å². The molecule has 3 heteroatoms. The van der Waals surface area contributed by atoms with E-state index in [9.17, 15) is 0 Å². The van der Waals surface area contributed by atoms with Gasteiger partial charge in [0, 0.05) is 18.6 Å². The van der Waals surface area contributed by atoms with E-state index in [4.69, 9.17) is 9.47 Å². The van der Waals surface area contributed by atoms with Crippen molar-refractivity contribution < 1.29 is 9.47 Å². The lowest BCUT2D eigenvalue weighted by molar-refractivity contribution is 0.00934. The van der Waals surface area contributed by atoms with Crippen LogP contribution in [0.3, 0.4) is 0 Å². The van der Waals surface area contributed by atoms with E-state index in [0.29, 0.717) is 31.4 Å². The predicted molar refractivity (Wildman–Crippen MR) is 68.9 cm³/mol. The summed E-state index contributed by atoms with van der Waals surface area (Å²) in [4.78, 5) is 2.43. The van der Waals surface area contributed by atoms with Crippen molar-refractivity contribution >= 4 is 0 Å². The van der Waals surface area contributed by atoms with Crippen LogP contribution in [0, 0.1) is 0 Å². The van der Waals surface area contributed by atoms with E-state index in [1.54, 1.807) is 0 Å². The van der Waals surface area contributed by atoms with Crippen molar-refractivity contribution in [1.29, 1.82) is 0 Å². The van der Waals surface area contributed by atoms with Crippen LogP contribution in [0.25, 0.3) is 0 Å². The fraction of sp³-hybridized carbons (Fsp3) is 1.00. The van der Waals surface area contributed by atoms with Crippen molar-refractivity contribution in [3.05, 3.63) is 0 Å². The Labute approximate surface area is 101 Å². The van der Waals surface area contributed by atoms with Gasteiger partial charge in [-0.2, -0.15) is 0 Å². The zero-order valence-electron chi connectivity index (χ0n) is 11.8. The van der Waals surface area contributed by atoms with Crippen LogP contribution in [0.5, 0.6) is 0 Å². The van der Waals surface area contributed by atoms with Gasteiger partial charge >= 0.3 is 0 Å². The summed E-state index contributed by atoms with van der Waals surface area (Å²) in [7, 11) is 0. The molecule has 0 aliphatic rings. The minimum Gasteiger partial charge on any atom is -0.378 e. The first-order valence-electron chi connectivity index (χ1n) is 6.40.